The van der Waals surface area contributed by atoms with E-state index in [2.05, 4.69) is 5.32 Å². The van der Waals surface area contributed by atoms with E-state index in [0.29, 0.717) is 12.1 Å². The zero-order chi connectivity index (χ0) is 11.2. The molecular formula is C13H23NO2. The van der Waals surface area contributed by atoms with Gasteiger partial charge in [-0.2, -0.15) is 0 Å². The van der Waals surface area contributed by atoms with Crippen molar-refractivity contribution in [1.82, 2.24) is 5.32 Å². The molecular weight excluding hydrogens is 202 g/mol. The third-order valence-corrected chi connectivity index (χ3v) is 3.56. The summed E-state index contributed by atoms with van der Waals surface area (Å²) in [7, 11) is 2.04. The Morgan fingerprint density at radius 2 is 2.38 bits per heavy atom. The fourth-order valence-electron chi connectivity index (χ4n) is 2.58. The summed E-state index contributed by atoms with van der Waals surface area (Å²) in [6.07, 6.45) is 9.61. The Morgan fingerprint density at radius 3 is 3.00 bits per heavy atom. The van der Waals surface area contributed by atoms with E-state index in [-0.39, 0.29) is 0 Å². The molecule has 0 aromatic carbocycles. The predicted octanol–water partition coefficient (Wildman–Crippen LogP) is 2.23. The van der Waals surface area contributed by atoms with Gasteiger partial charge in [-0.05, 0) is 51.1 Å². The van der Waals surface area contributed by atoms with Crippen LogP contribution < -0.4 is 5.32 Å². The van der Waals surface area contributed by atoms with Gasteiger partial charge in [0.25, 0.3) is 0 Å². The summed E-state index contributed by atoms with van der Waals surface area (Å²) in [6, 6.07) is 0.476. The highest BCUT2D eigenvalue weighted by Crippen LogP contribution is 2.22. The van der Waals surface area contributed by atoms with Crippen molar-refractivity contribution in [2.75, 3.05) is 20.3 Å². The molecule has 16 heavy (non-hydrogen) atoms. The molecule has 2 atom stereocenters. The molecule has 0 spiro atoms. The molecule has 0 saturated carbocycles. The first-order valence-electron chi connectivity index (χ1n) is 6.49. The van der Waals surface area contributed by atoms with Crippen molar-refractivity contribution in [1.29, 1.82) is 0 Å². The summed E-state index contributed by atoms with van der Waals surface area (Å²) in [5.74, 6) is 0. The second-order valence-electron chi connectivity index (χ2n) is 4.72. The zero-order valence-corrected chi connectivity index (χ0v) is 10.2. The highest BCUT2D eigenvalue weighted by atomic mass is 16.5. The van der Waals surface area contributed by atoms with Gasteiger partial charge in [0, 0.05) is 12.6 Å². The van der Waals surface area contributed by atoms with Crippen LogP contribution in [0.25, 0.3) is 0 Å². The normalized spacial score (nSPS) is 27.3. The first kappa shape index (κ1) is 11.9. The quantitative estimate of drug-likeness (QED) is 0.778. The molecule has 2 heterocycles. The van der Waals surface area contributed by atoms with Gasteiger partial charge in [-0.15, -0.1) is 0 Å². The van der Waals surface area contributed by atoms with Gasteiger partial charge in [0.05, 0.1) is 19.0 Å². The number of nitrogens with one attached hydrogen (secondary N) is 1. The molecule has 0 bridgehead atoms. The second kappa shape index (κ2) is 6.26. The molecule has 1 fully saturated rings. The average molecular weight is 225 g/mol. The van der Waals surface area contributed by atoms with Gasteiger partial charge in [0.2, 0.25) is 0 Å². The largest absolute Gasteiger partial charge is 0.501 e. The lowest BCUT2D eigenvalue weighted by molar-refractivity contribution is 0.100. The minimum atomic E-state index is 0.476. The van der Waals surface area contributed by atoms with Crippen LogP contribution in [-0.4, -0.2) is 32.4 Å². The van der Waals surface area contributed by atoms with E-state index in [1.54, 1.807) is 0 Å². The van der Waals surface area contributed by atoms with Gasteiger partial charge in [-0.1, -0.05) is 0 Å². The molecule has 0 aliphatic carbocycles. The fraction of sp³-hybridized carbons (Fsp3) is 0.846. The maximum Gasteiger partial charge on any atom is 0.0876 e. The van der Waals surface area contributed by atoms with E-state index in [0.717, 1.165) is 26.1 Å². The number of ether oxygens (including phenoxy) is 2. The van der Waals surface area contributed by atoms with Crippen LogP contribution in [0, 0.1) is 0 Å². The number of hydrogen-bond donors (Lipinski definition) is 1. The van der Waals surface area contributed by atoms with Crippen LogP contribution >= 0.6 is 0 Å². The van der Waals surface area contributed by atoms with Crippen molar-refractivity contribution >= 4 is 0 Å². The SMILES string of the molecule is CNC(CCC1CCCO1)C1=COCCC1. The van der Waals surface area contributed by atoms with Crippen molar-refractivity contribution < 1.29 is 9.47 Å². The van der Waals surface area contributed by atoms with Gasteiger partial charge in [0.1, 0.15) is 0 Å². The predicted molar refractivity (Wildman–Crippen MR) is 64.3 cm³/mol. The summed E-state index contributed by atoms with van der Waals surface area (Å²) < 4.78 is 11.1. The molecule has 3 nitrogen and oxygen atoms in total. The summed E-state index contributed by atoms with van der Waals surface area (Å²) in [5.41, 5.74) is 1.42. The molecule has 0 radical (unpaired) electrons. The van der Waals surface area contributed by atoms with Gasteiger partial charge >= 0.3 is 0 Å². The molecule has 0 aromatic heterocycles. The number of rotatable bonds is 5. The molecule has 2 aliphatic rings. The maximum atomic E-state index is 5.66. The van der Waals surface area contributed by atoms with E-state index >= 15 is 0 Å². The Labute approximate surface area is 98.2 Å². The molecule has 92 valence electrons. The summed E-state index contributed by atoms with van der Waals surface area (Å²) in [5, 5.41) is 3.39. The topological polar surface area (TPSA) is 30.5 Å². The molecule has 3 heteroatoms. The van der Waals surface area contributed by atoms with E-state index in [9.17, 15) is 0 Å². The Kier molecular flexibility index (Phi) is 4.67. The highest BCUT2D eigenvalue weighted by Gasteiger charge is 2.20. The van der Waals surface area contributed by atoms with Crippen LogP contribution in [0.1, 0.15) is 38.5 Å². The smallest absolute Gasteiger partial charge is 0.0876 e. The van der Waals surface area contributed by atoms with Crippen LogP contribution in [0.3, 0.4) is 0 Å². The van der Waals surface area contributed by atoms with Crippen molar-refractivity contribution in [3.63, 3.8) is 0 Å². The highest BCUT2D eigenvalue weighted by molar-refractivity contribution is 5.09. The molecule has 0 amide bonds. The lowest BCUT2D eigenvalue weighted by atomic mass is 9.96. The first-order valence-corrected chi connectivity index (χ1v) is 6.49. The monoisotopic (exact) mass is 225 g/mol. The summed E-state index contributed by atoms with van der Waals surface area (Å²) in [6.45, 7) is 1.84. The van der Waals surface area contributed by atoms with E-state index in [4.69, 9.17) is 9.47 Å². The van der Waals surface area contributed by atoms with Crippen LogP contribution in [0.4, 0.5) is 0 Å². The van der Waals surface area contributed by atoms with E-state index < -0.39 is 0 Å². The first-order chi connectivity index (χ1) is 7.90. The van der Waals surface area contributed by atoms with Crippen molar-refractivity contribution in [2.24, 2.45) is 0 Å². The molecule has 2 aliphatic heterocycles. The molecule has 2 unspecified atom stereocenters. The Morgan fingerprint density at radius 1 is 1.44 bits per heavy atom. The van der Waals surface area contributed by atoms with Gasteiger partial charge in [-0.25, -0.2) is 0 Å². The van der Waals surface area contributed by atoms with Gasteiger partial charge in [-0.3, -0.25) is 0 Å². The van der Waals surface area contributed by atoms with Crippen LogP contribution in [0.2, 0.25) is 0 Å². The maximum absolute atomic E-state index is 5.66. The van der Waals surface area contributed by atoms with Gasteiger partial charge in [0.15, 0.2) is 0 Å². The number of likely N-dealkylation sites (N-methyl/N-ethyl adjacent to an activating group) is 1. The molecule has 2 rings (SSSR count). The molecule has 0 aromatic rings. The third-order valence-electron chi connectivity index (χ3n) is 3.56. The summed E-state index contributed by atoms with van der Waals surface area (Å²) in [4.78, 5) is 0. The van der Waals surface area contributed by atoms with Crippen molar-refractivity contribution in [3.05, 3.63) is 11.8 Å². The Bertz CT molecular complexity index is 234. The van der Waals surface area contributed by atoms with Gasteiger partial charge < -0.3 is 14.8 Å². The minimum Gasteiger partial charge on any atom is -0.501 e. The van der Waals surface area contributed by atoms with Crippen molar-refractivity contribution in [2.45, 2.75) is 50.7 Å². The Hall–Kier alpha value is -0.540. The minimum absolute atomic E-state index is 0.476. The molecule has 1 N–H and O–H groups in total. The van der Waals surface area contributed by atoms with Crippen LogP contribution in [0.5, 0.6) is 0 Å². The number of hydrogen-bond acceptors (Lipinski definition) is 3. The summed E-state index contributed by atoms with van der Waals surface area (Å²) >= 11 is 0. The standard InChI is InChI=1S/C13H23NO2/c1-14-13(11-4-2-8-15-10-11)7-6-12-5-3-9-16-12/h10,12-14H,2-9H2,1H3. The second-order valence-corrected chi connectivity index (χ2v) is 4.72. The lowest BCUT2D eigenvalue weighted by Gasteiger charge is -2.23. The van der Waals surface area contributed by atoms with Crippen molar-refractivity contribution in [3.8, 4) is 0 Å². The molecule has 1 saturated heterocycles. The average Bonchev–Trinajstić information content (AvgIpc) is 2.84. The van der Waals surface area contributed by atoms with E-state index in [1.165, 1.54) is 31.3 Å². The third kappa shape index (κ3) is 3.22. The fourth-order valence-corrected chi connectivity index (χ4v) is 2.58. The van der Waals surface area contributed by atoms with E-state index in [1.807, 2.05) is 13.3 Å². The zero-order valence-electron chi connectivity index (χ0n) is 10.2. The lowest BCUT2D eigenvalue weighted by Crippen LogP contribution is -2.30. The van der Waals surface area contributed by atoms with Crippen LogP contribution in [0.15, 0.2) is 11.8 Å². The van der Waals surface area contributed by atoms with Crippen LogP contribution in [-0.2, 0) is 9.47 Å². The Balaban J connectivity index is 1.77.